The van der Waals surface area contributed by atoms with Gasteiger partial charge < -0.3 is 10.6 Å². The van der Waals surface area contributed by atoms with E-state index in [-0.39, 0.29) is 16.3 Å². The third-order valence-electron chi connectivity index (χ3n) is 3.38. The minimum atomic E-state index is -0.851. The van der Waals surface area contributed by atoms with Crippen LogP contribution in [0.5, 0.6) is 0 Å². The number of rotatable bonds is 5. The Morgan fingerprint density at radius 1 is 1.11 bits per heavy atom. The monoisotopic (exact) mass is 463 g/mol. The highest BCUT2D eigenvalue weighted by atomic mass is 79.9. The van der Waals surface area contributed by atoms with Crippen molar-refractivity contribution in [2.45, 2.75) is 0 Å². The lowest BCUT2D eigenvalue weighted by Crippen LogP contribution is -2.25. The second-order valence-electron chi connectivity index (χ2n) is 5.23. The molecule has 0 radical (unpaired) electrons. The molecule has 0 aliphatic carbocycles. The summed E-state index contributed by atoms with van der Waals surface area (Å²) in [4.78, 5) is 33.0. The molecule has 0 aliphatic heterocycles. The maximum absolute atomic E-state index is 12.0. The number of nitrogens with two attached hydrogens (primary N) is 1. The Labute approximate surface area is 171 Å². The summed E-state index contributed by atoms with van der Waals surface area (Å²) in [6.07, 6.45) is 0. The number of oxime groups is 1. The molecule has 6 nitrogen and oxygen atoms in total. The van der Waals surface area contributed by atoms with Crippen LogP contribution in [0.2, 0.25) is 5.02 Å². The van der Waals surface area contributed by atoms with E-state index in [0.29, 0.717) is 10.7 Å². The number of nitrogens with zero attached hydrogens (tertiary/aromatic N) is 2. The smallest absolute Gasteiger partial charge is 0.364 e. The van der Waals surface area contributed by atoms with Gasteiger partial charge in [-0.3, -0.25) is 4.79 Å². The highest BCUT2D eigenvalue weighted by molar-refractivity contribution is 9.10. The molecule has 136 valence electrons. The van der Waals surface area contributed by atoms with E-state index in [0.717, 1.165) is 10.0 Å². The molecule has 3 rings (SSSR count). The quantitative estimate of drug-likeness (QED) is 0.346. The van der Waals surface area contributed by atoms with Crippen molar-refractivity contribution in [1.82, 2.24) is 4.98 Å². The van der Waals surface area contributed by atoms with Crippen LogP contribution in [0, 0.1) is 0 Å². The van der Waals surface area contributed by atoms with E-state index in [1.54, 1.807) is 17.5 Å². The lowest BCUT2D eigenvalue weighted by Gasteiger charge is -2.01. The minimum absolute atomic E-state index is 0.231. The fourth-order valence-corrected chi connectivity index (χ4v) is 3.25. The SMILES string of the molecule is NC(=O)/C(=N\OC(=O)c1ccc(Cl)cc1)c1nc(-c2ccc(Br)cc2)cs1. The van der Waals surface area contributed by atoms with Gasteiger partial charge in [0.1, 0.15) is 0 Å². The molecule has 0 saturated carbocycles. The first-order valence-corrected chi connectivity index (χ1v) is 9.55. The Hall–Kier alpha value is -2.55. The topological polar surface area (TPSA) is 94.6 Å². The van der Waals surface area contributed by atoms with Crippen LogP contribution in [-0.4, -0.2) is 22.6 Å². The lowest BCUT2D eigenvalue weighted by molar-refractivity contribution is -0.112. The molecule has 1 aromatic heterocycles. The van der Waals surface area contributed by atoms with E-state index in [4.69, 9.17) is 22.2 Å². The van der Waals surface area contributed by atoms with Crippen molar-refractivity contribution in [1.29, 1.82) is 0 Å². The van der Waals surface area contributed by atoms with Crippen molar-refractivity contribution < 1.29 is 14.4 Å². The van der Waals surface area contributed by atoms with E-state index in [9.17, 15) is 9.59 Å². The number of benzene rings is 2. The lowest BCUT2D eigenvalue weighted by atomic mass is 10.2. The maximum atomic E-state index is 12.0. The van der Waals surface area contributed by atoms with Crippen LogP contribution in [0.4, 0.5) is 0 Å². The zero-order chi connectivity index (χ0) is 19.4. The molecule has 0 unspecified atom stereocenters. The van der Waals surface area contributed by atoms with Crippen LogP contribution in [0.15, 0.2) is 63.5 Å². The number of hydrogen-bond donors (Lipinski definition) is 1. The highest BCUT2D eigenvalue weighted by Gasteiger charge is 2.18. The Balaban J connectivity index is 1.82. The molecule has 0 bridgehead atoms. The molecule has 0 spiro atoms. The van der Waals surface area contributed by atoms with Crippen molar-refractivity contribution in [2.75, 3.05) is 0 Å². The third kappa shape index (κ3) is 4.79. The fourth-order valence-electron chi connectivity index (χ4n) is 2.05. The maximum Gasteiger partial charge on any atom is 0.365 e. The Morgan fingerprint density at radius 2 is 1.78 bits per heavy atom. The molecule has 2 aromatic carbocycles. The van der Waals surface area contributed by atoms with Gasteiger partial charge >= 0.3 is 5.97 Å². The van der Waals surface area contributed by atoms with Gasteiger partial charge in [-0.2, -0.15) is 0 Å². The average Bonchev–Trinajstić information content (AvgIpc) is 3.12. The van der Waals surface area contributed by atoms with E-state index in [2.05, 4.69) is 26.1 Å². The highest BCUT2D eigenvalue weighted by Crippen LogP contribution is 2.24. The molecular weight excluding hydrogens is 454 g/mol. The molecule has 0 aliphatic rings. The summed E-state index contributed by atoms with van der Waals surface area (Å²) in [5.41, 5.74) is 6.89. The minimum Gasteiger partial charge on any atom is -0.364 e. The first-order chi connectivity index (χ1) is 12.9. The molecular formula is C18H11BrClN3O3S. The summed E-state index contributed by atoms with van der Waals surface area (Å²) >= 11 is 10.3. The average molecular weight is 465 g/mol. The van der Waals surface area contributed by atoms with Crippen LogP contribution in [0.25, 0.3) is 11.3 Å². The van der Waals surface area contributed by atoms with Crippen molar-refractivity contribution in [2.24, 2.45) is 10.9 Å². The molecule has 1 heterocycles. The van der Waals surface area contributed by atoms with Crippen LogP contribution in [0.1, 0.15) is 15.4 Å². The third-order valence-corrected chi connectivity index (χ3v) is 5.01. The fraction of sp³-hybridized carbons (Fsp3) is 0. The number of amides is 1. The largest absolute Gasteiger partial charge is 0.365 e. The van der Waals surface area contributed by atoms with Crippen molar-refractivity contribution in [3.05, 3.63) is 74.0 Å². The standard InChI is InChI=1S/C18H11BrClN3O3S/c19-12-5-1-10(2-6-12)14-9-27-17(22-14)15(16(21)24)23-26-18(25)11-3-7-13(20)8-4-11/h1-9H,(H2,21,24)/b23-15+. The van der Waals surface area contributed by atoms with Gasteiger partial charge in [-0.15, -0.1) is 11.3 Å². The number of hydrogen-bond acceptors (Lipinski definition) is 6. The molecule has 3 aromatic rings. The van der Waals surface area contributed by atoms with Crippen LogP contribution in [0.3, 0.4) is 0 Å². The molecule has 0 atom stereocenters. The van der Waals surface area contributed by atoms with Crippen LogP contribution in [-0.2, 0) is 9.63 Å². The molecule has 0 fully saturated rings. The summed E-state index contributed by atoms with van der Waals surface area (Å²) in [7, 11) is 0. The van der Waals surface area contributed by atoms with Gasteiger partial charge in [0.15, 0.2) is 5.01 Å². The molecule has 27 heavy (non-hydrogen) atoms. The number of carbonyl (C=O) groups is 2. The zero-order valence-electron chi connectivity index (χ0n) is 13.6. The van der Waals surface area contributed by atoms with Crippen molar-refractivity contribution in [3.63, 3.8) is 0 Å². The first kappa shape index (κ1) is 19.2. The number of thiazole rings is 1. The predicted octanol–water partition coefficient (Wildman–Crippen LogP) is 4.27. The molecule has 1 amide bonds. The predicted molar refractivity (Wildman–Crippen MR) is 108 cm³/mol. The second kappa shape index (κ2) is 8.43. The van der Waals surface area contributed by atoms with Crippen LogP contribution < -0.4 is 5.73 Å². The van der Waals surface area contributed by atoms with Crippen molar-refractivity contribution >= 4 is 56.5 Å². The van der Waals surface area contributed by atoms with Gasteiger partial charge in [-0.05, 0) is 36.4 Å². The molecule has 0 saturated heterocycles. The summed E-state index contributed by atoms with van der Waals surface area (Å²) in [6, 6.07) is 13.6. The Kier molecular flexibility index (Phi) is 6.00. The second-order valence-corrected chi connectivity index (χ2v) is 7.44. The van der Waals surface area contributed by atoms with Gasteiger partial charge in [0, 0.05) is 20.4 Å². The van der Waals surface area contributed by atoms with E-state index in [1.165, 1.54) is 23.5 Å². The summed E-state index contributed by atoms with van der Waals surface area (Å²) in [5, 5.41) is 6.11. The van der Waals surface area contributed by atoms with Gasteiger partial charge in [-0.25, -0.2) is 9.78 Å². The number of carbonyl (C=O) groups excluding carboxylic acids is 2. The van der Waals surface area contributed by atoms with Gasteiger partial charge in [0.2, 0.25) is 5.71 Å². The number of halogens is 2. The van der Waals surface area contributed by atoms with E-state index in [1.807, 2.05) is 24.3 Å². The van der Waals surface area contributed by atoms with E-state index >= 15 is 0 Å². The van der Waals surface area contributed by atoms with Gasteiger partial charge in [0.05, 0.1) is 11.3 Å². The summed E-state index contributed by atoms with van der Waals surface area (Å²) in [5.74, 6) is -1.59. The zero-order valence-corrected chi connectivity index (χ0v) is 16.7. The van der Waals surface area contributed by atoms with Gasteiger partial charge in [-0.1, -0.05) is 44.8 Å². The number of aromatic nitrogens is 1. The number of primary amides is 1. The normalized spacial score (nSPS) is 11.3. The van der Waals surface area contributed by atoms with Crippen molar-refractivity contribution in [3.8, 4) is 11.3 Å². The first-order valence-electron chi connectivity index (χ1n) is 7.50. The van der Waals surface area contributed by atoms with E-state index < -0.39 is 11.9 Å². The van der Waals surface area contributed by atoms with Gasteiger partial charge in [0.25, 0.3) is 5.91 Å². The summed E-state index contributed by atoms with van der Waals surface area (Å²) < 4.78 is 0.940. The molecule has 9 heteroatoms. The van der Waals surface area contributed by atoms with Crippen LogP contribution >= 0.6 is 38.9 Å². The Morgan fingerprint density at radius 3 is 2.41 bits per heavy atom. The summed E-state index contributed by atoms with van der Waals surface area (Å²) in [6.45, 7) is 0. The molecule has 2 N–H and O–H groups in total. The Bertz CT molecular complexity index is 1020.